The summed E-state index contributed by atoms with van der Waals surface area (Å²) in [4.78, 5) is 21.4. The first-order chi connectivity index (χ1) is 7.88. The third-order valence-corrected chi connectivity index (χ3v) is 2.10. The van der Waals surface area contributed by atoms with Crippen LogP contribution in [0.4, 0.5) is 13.2 Å². The topological polar surface area (TPSA) is 52.6 Å². The van der Waals surface area contributed by atoms with Gasteiger partial charge < -0.3 is 9.31 Å². The van der Waals surface area contributed by atoms with E-state index in [1.54, 1.807) is 0 Å². The van der Waals surface area contributed by atoms with Crippen LogP contribution < -0.4 is 5.46 Å². The minimum atomic E-state index is -4.44. The molecule has 4 nitrogen and oxygen atoms in total. The Morgan fingerprint density at radius 3 is 1.82 bits per heavy atom. The zero-order valence-electron chi connectivity index (χ0n) is 8.15. The molecule has 8 heteroatoms. The molecule has 17 heavy (non-hydrogen) atoms. The largest absolute Gasteiger partial charge is 0.637 e. The summed E-state index contributed by atoms with van der Waals surface area (Å²) in [6.45, 7) is 0. The van der Waals surface area contributed by atoms with Crippen molar-refractivity contribution in [1.29, 1.82) is 0 Å². The molecular weight excluding hydrogens is 240 g/mol. The summed E-state index contributed by atoms with van der Waals surface area (Å²) in [5.41, 5.74) is -0.672. The van der Waals surface area contributed by atoms with Crippen LogP contribution in [0, 0.1) is 0 Å². The molecule has 88 valence electrons. The number of rotatable bonds is 1. The maximum atomic E-state index is 12.3. The highest BCUT2D eigenvalue weighted by Crippen LogP contribution is 2.28. The molecule has 0 saturated carbocycles. The molecule has 0 amide bonds. The molecule has 0 spiro atoms. The van der Waals surface area contributed by atoms with Gasteiger partial charge in [-0.05, 0) is 0 Å². The number of carbonyl (C=O) groups is 2. The first-order valence-corrected chi connectivity index (χ1v) is 4.46. The fourth-order valence-electron chi connectivity index (χ4n) is 1.28. The van der Waals surface area contributed by atoms with Crippen molar-refractivity contribution in [1.82, 2.24) is 0 Å². The van der Waals surface area contributed by atoms with Gasteiger partial charge in [0.2, 0.25) is 0 Å². The van der Waals surface area contributed by atoms with Crippen LogP contribution >= 0.6 is 0 Å². The average Bonchev–Trinajstić information content (AvgIpc) is 2.58. The molecule has 1 aromatic carbocycles. The Kier molecular flexibility index (Phi) is 2.57. The fraction of sp³-hybridized carbons (Fsp3) is 0.111. The van der Waals surface area contributed by atoms with Crippen LogP contribution in [0.3, 0.4) is 0 Å². The molecule has 1 saturated heterocycles. The van der Waals surface area contributed by atoms with E-state index < -0.39 is 30.8 Å². The summed E-state index contributed by atoms with van der Waals surface area (Å²) >= 11 is 0. The third-order valence-electron chi connectivity index (χ3n) is 2.10. The van der Waals surface area contributed by atoms with Gasteiger partial charge in [0.1, 0.15) is 0 Å². The van der Waals surface area contributed by atoms with E-state index in [1.807, 2.05) is 0 Å². The first-order valence-electron chi connectivity index (χ1n) is 4.46. The average molecular weight is 244 g/mol. The van der Waals surface area contributed by atoms with Crippen molar-refractivity contribution in [3.63, 3.8) is 0 Å². The van der Waals surface area contributed by atoms with Gasteiger partial charge in [0.15, 0.2) is 0 Å². The van der Waals surface area contributed by atoms with Gasteiger partial charge in [-0.15, -0.1) is 0 Å². The second kappa shape index (κ2) is 3.79. The third kappa shape index (κ3) is 2.25. The second-order valence-electron chi connectivity index (χ2n) is 3.26. The van der Waals surface area contributed by atoms with E-state index in [0.717, 1.165) is 24.3 Å². The van der Waals surface area contributed by atoms with Crippen molar-refractivity contribution in [3.8, 4) is 0 Å². The Morgan fingerprint density at radius 1 is 0.941 bits per heavy atom. The van der Waals surface area contributed by atoms with Gasteiger partial charge in [-0.25, -0.2) is 9.59 Å². The number of alkyl halides is 3. The highest BCUT2D eigenvalue weighted by molar-refractivity contribution is 6.70. The lowest BCUT2D eigenvalue weighted by molar-refractivity contribution is -0.150. The van der Waals surface area contributed by atoms with Crippen LogP contribution in [-0.2, 0) is 25.1 Å². The van der Waals surface area contributed by atoms with Crippen LogP contribution in [0.2, 0.25) is 0 Å². The number of carbonyl (C=O) groups excluding carboxylic acids is 2. The maximum Gasteiger partial charge on any atom is 0.637 e. The summed E-state index contributed by atoms with van der Waals surface area (Å²) in [5, 5.41) is 0. The Labute approximate surface area is 93.5 Å². The lowest BCUT2D eigenvalue weighted by atomic mass is 9.79. The molecule has 1 fully saturated rings. The van der Waals surface area contributed by atoms with E-state index in [1.165, 1.54) is 0 Å². The highest BCUT2D eigenvalue weighted by atomic mass is 19.4. The van der Waals surface area contributed by atoms with Crippen LogP contribution in [0.5, 0.6) is 0 Å². The molecule has 0 radical (unpaired) electrons. The second-order valence-corrected chi connectivity index (χ2v) is 3.26. The SMILES string of the molecule is O=C1OB(c2ccc(C(F)(F)F)cc2)OC1=O. The Morgan fingerprint density at radius 2 is 1.41 bits per heavy atom. The molecule has 1 heterocycles. The summed E-state index contributed by atoms with van der Waals surface area (Å²) in [6, 6.07) is 3.80. The zero-order chi connectivity index (χ0) is 12.6. The van der Waals surface area contributed by atoms with E-state index in [0.29, 0.717) is 0 Å². The van der Waals surface area contributed by atoms with Gasteiger partial charge in [-0.3, -0.25) is 0 Å². The minimum absolute atomic E-state index is 0.164. The van der Waals surface area contributed by atoms with E-state index in [2.05, 4.69) is 9.31 Å². The minimum Gasteiger partial charge on any atom is -0.487 e. The molecule has 0 aromatic heterocycles. The molecule has 1 aromatic rings. The Bertz CT molecular complexity index is 452. The molecule has 0 atom stereocenters. The predicted octanol–water partition coefficient (Wildman–Crippen LogP) is 0.501. The van der Waals surface area contributed by atoms with Gasteiger partial charge in [-0.2, -0.15) is 13.2 Å². The standard InChI is InChI=1S/C9H4BF3O4/c11-9(12,13)5-1-3-6(4-2-5)10-16-7(14)8(15)17-10/h1-4H. The highest BCUT2D eigenvalue weighted by Gasteiger charge is 2.42. The van der Waals surface area contributed by atoms with Crippen LogP contribution in [0.1, 0.15) is 5.56 Å². The zero-order valence-corrected chi connectivity index (χ0v) is 8.15. The summed E-state index contributed by atoms with van der Waals surface area (Å²) in [5.74, 6) is -2.32. The first kappa shape index (κ1) is 11.5. The number of hydrogen-bond donors (Lipinski definition) is 0. The maximum absolute atomic E-state index is 12.3. The van der Waals surface area contributed by atoms with Crippen molar-refractivity contribution in [2.24, 2.45) is 0 Å². The van der Waals surface area contributed by atoms with Crippen molar-refractivity contribution in [2.45, 2.75) is 6.18 Å². The van der Waals surface area contributed by atoms with Gasteiger partial charge in [0, 0.05) is 5.46 Å². The normalized spacial score (nSPS) is 15.8. The van der Waals surface area contributed by atoms with E-state index in [9.17, 15) is 22.8 Å². The molecule has 1 aliphatic rings. The Hall–Kier alpha value is -1.99. The number of benzene rings is 1. The molecule has 0 aliphatic carbocycles. The van der Waals surface area contributed by atoms with Crippen molar-refractivity contribution >= 4 is 24.5 Å². The number of hydrogen-bond acceptors (Lipinski definition) is 4. The monoisotopic (exact) mass is 244 g/mol. The van der Waals surface area contributed by atoms with Crippen LogP contribution in [-0.4, -0.2) is 19.1 Å². The molecule has 0 N–H and O–H groups in total. The van der Waals surface area contributed by atoms with E-state index in [-0.39, 0.29) is 5.46 Å². The summed E-state index contributed by atoms with van der Waals surface area (Å²) in [7, 11) is -1.27. The molecule has 0 unspecified atom stereocenters. The van der Waals surface area contributed by atoms with E-state index in [4.69, 9.17) is 0 Å². The summed E-state index contributed by atoms with van der Waals surface area (Å²) in [6.07, 6.45) is -4.44. The van der Waals surface area contributed by atoms with Crippen molar-refractivity contribution in [3.05, 3.63) is 29.8 Å². The lowest BCUT2D eigenvalue weighted by Gasteiger charge is -2.07. The van der Waals surface area contributed by atoms with Crippen molar-refractivity contribution < 1.29 is 32.1 Å². The molecule has 0 bridgehead atoms. The number of halogens is 3. The van der Waals surface area contributed by atoms with E-state index >= 15 is 0 Å². The fourth-order valence-corrected chi connectivity index (χ4v) is 1.28. The van der Waals surface area contributed by atoms with Gasteiger partial charge in [0.25, 0.3) is 0 Å². The van der Waals surface area contributed by atoms with Gasteiger partial charge >= 0.3 is 25.2 Å². The lowest BCUT2D eigenvalue weighted by Crippen LogP contribution is -2.32. The van der Waals surface area contributed by atoms with Crippen molar-refractivity contribution in [2.75, 3.05) is 0 Å². The van der Waals surface area contributed by atoms with Crippen LogP contribution in [0.15, 0.2) is 24.3 Å². The van der Waals surface area contributed by atoms with Gasteiger partial charge in [-0.1, -0.05) is 24.3 Å². The summed E-state index contributed by atoms with van der Waals surface area (Å²) < 4.78 is 45.7. The molecule has 1 aliphatic heterocycles. The Balaban J connectivity index is 2.19. The molecular formula is C9H4BF3O4. The van der Waals surface area contributed by atoms with Gasteiger partial charge in [0.05, 0.1) is 5.56 Å². The molecule has 2 rings (SSSR count). The predicted molar refractivity (Wildman–Crippen MR) is 49.0 cm³/mol. The van der Waals surface area contributed by atoms with Crippen LogP contribution in [0.25, 0.3) is 0 Å². The smallest absolute Gasteiger partial charge is 0.487 e. The quantitative estimate of drug-likeness (QED) is 0.533.